The van der Waals surface area contributed by atoms with E-state index in [0.29, 0.717) is 11.1 Å². The number of ether oxygens (including phenoxy) is 2. The van der Waals surface area contributed by atoms with Gasteiger partial charge in [-0.05, 0) is 29.5 Å². The highest BCUT2D eigenvalue weighted by Crippen LogP contribution is 2.35. The predicted molar refractivity (Wildman–Crippen MR) is 155 cm³/mol. The maximum absolute atomic E-state index is 13.2. The van der Waals surface area contributed by atoms with E-state index in [1.807, 2.05) is 0 Å². The summed E-state index contributed by atoms with van der Waals surface area (Å²) in [6.07, 6.45) is 0.326. The second-order valence-electron chi connectivity index (χ2n) is 10.1. The summed E-state index contributed by atoms with van der Waals surface area (Å²) in [5, 5.41) is 0.306. The first-order chi connectivity index (χ1) is 19.3. The third kappa shape index (κ3) is 4.94. The first-order valence-electron chi connectivity index (χ1n) is 12.8. The summed E-state index contributed by atoms with van der Waals surface area (Å²) in [6.45, 7) is 0.119. The molecule has 14 radical (unpaired) electrons. The molecule has 1 N–H and O–H groups in total. The zero-order chi connectivity index (χ0) is 29.8. The second kappa shape index (κ2) is 10.9. The fourth-order valence-electron chi connectivity index (χ4n) is 5.50. The average Bonchev–Trinajstić information content (AvgIpc) is 3.25. The zero-order valence-corrected chi connectivity index (χ0v) is 22.0. The van der Waals surface area contributed by atoms with Gasteiger partial charge in [-0.15, -0.1) is 0 Å². The van der Waals surface area contributed by atoms with Crippen LogP contribution >= 0.6 is 0 Å². The largest absolute Gasteiger partial charge is 0.496 e. The van der Waals surface area contributed by atoms with Crippen molar-refractivity contribution in [2.24, 2.45) is 0 Å². The molecule has 0 saturated carbocycles. The van der Waals surface area contributed by atoms with E-state index in [0.717, 1.165) is 0 Å². The molecule has 0 bridgehead atoms. The molecule has 2 atom stereocenters. The van der Waals surface area contributed by atoms with E-state index in [9.17, 15) is 19.2 Å². The Bertz CT molecular complexity index is 1460. The Morgan fingerprint density at radius 1 is 1.02 bits per heavy atom. The van der Waals surface area contributed by atoms with Gasteiger partial charge in [0.05, 0.1) is 34.8 Å². The van der Waals surface area contributed by atoms with E-state index in [2.05, 4.69) is 5.32 Å². The summed E-state index contributed by atoms with van der Waals surface area (Å²) in [6, 6.07) is 2.68. The number of carbonyl (C=O) groups is 4. The lowest BCUT2D eigenvalue weighted by molar-refractivity contribution is -0.145. The molecule has 3 heterocycles. The molecule has 41 heavy (non-hydrogen) atoms. The van der Waals surface area contributed by atoms with Crippen molar-refractivity contribution in [1.29, 1.82) is 0 Å². The zero-order valence-electron chi connectivity index (χ0n) is 22.0. The molecular formula is C25H18B7N3O6. The standard InChI is InChI=1S/C25H18B7N3O6/c26-18-16(19(27)21(29)17(20(18)28)25(31,32)35-6-7-40-9-15(35)37)22(30)41-13-3-1-2-10-11(13)8-34(24(10)39)12-4-5-14(36)33-23(12)38/h1-3,12,22H,4-9H2,(H,33,36,38). The van der Waals surface area contributed by atoms with Crippen LogP contribution in [0.2, 0.25) is 0 Å². The lowest BCUT2D eigenvalue weighted by Gasteiger charge is -2.45. The fourth-order valence-corrected chi connectivity index (χ4v) is 5.50. The van der Waals surface area contributed by atoms with Crippen molar-refractivity contribution >= 4 is 100 Å². The molecule has 2 saturated heterocycles. The Kier molecular flexibility index (Phi) is 7.74. The molecular weight excluding hydrogens is 514 g/mol. The van der Waals surface area contributed by atoms with Crippen LogP contribution in [0.1, 0.15) is 45.9 Å². The number of hydrogen-bond acceptors (Lipinski definition) is 6. The van der Waals surface area contributed by atoms with Gasteiger partial charge in [-0.3, -0.25) is 24.5 Å². The number of fused-ring (bicyclic) bond motifs is 1. The maximum Gasteiger partial charge on any atom is 0.255 e. The van der Waals surface area contributed by atoms with Gasteiger partial charge in [0.2, 0.25) is 17.7 Å². The lowest BCUT2D eigenvalue weighted by Crippen LogP contribution is -2.62. The number of hydrogen-bond donors (Lipinski definition) is 1. The molecule has 0 aromatic heterocycles. The number of morpholine rings is 1. The van der Waals surface area contributed by atoms with Gasteiger partial charge in [-0.2, -0.15) is 0 Å². The van der Waals surface area contributed by atoms with Gasteiger partial charge in [0.15, 0.2) is 0 Å². The summed E-state index contributed by atoms with van der Waals surface area (Å²) in [7, 11) is 44.5. The van der Waals surface area contributed by atoms with E-state index >= 15 is 0 Å². The second-order valence-corrected chi connectivity index (χ2v) is 10.1. The molecule has 0 aliphatic carbocycles. The minimum atomic E-state index is -1.96. The SMILES string of the molecule is [B]c1c([B])c(C([B])([B])N2CCOCC2=O)c([B])c([B])c1C([B])Oc1cccc2c1CN(C1CCC(=O)NC1=O)C2=O. The predicted octanol–water partition coefficient (Wildman–Crippen LogP) is -4.82. The highest BCUT2D eigenvalue weighted by Gasteiger charge is 2.41. The Morgan fingerprint density at radius 3 is 2.34 bits per heavy atom. The molecule has 3 aliphatic heterocycles. The maximum atomic E-state index is 13.2. The number of nitrogens with one attached hydrogen (secondary N) is 1. The molecule has 2 aromatic rings. The van der Waals surface area contributed by atoms with Crippen LogP contribution in [-0.2, 0) is 31.0 Å². The number of amides is 4. The summed E-state index contributed by atoms with van der Waals surface area (Å²) in [5.41, 5.74) is 0.340. The molecule has 2 unspecified atom stereocenters. The van der Waals surface area contributed by atoms with E-state index < -0.39 is 29.2 Å². The highest BCUT2D eigenvalue weighted by molar-refractivity contribution is 6.60. The third-order valence-corrected chi connectivity index (χ3v) is 7.61. The van der Waals surface area contributed by atoms with Crippen molar-refractivity contribution in [1.82, 2.24) is 15.1 Å². The van der Waals surface area contributed by atoms with Crippen molar-refractivity contribution in [3.05, 3.63) is 40.5 Å². The van der Waals surface area contributed by atoms with Gasteiger partial charge in [0, 0.05) is 24.1 Å². The van der Waals surface area contributed by atoms with Crippen molar-refractivity contribution in [3.63, 3.8) is 0 Å². The van der Waals surface area contributed by atoms with Crippen LogP contribution in [0.5, 0.6) is 5.75 Å². The highest BCUT2D eigenvalue weighted by atomic mass is 16.5. The molecule has 4 amide bonds. The quantitative estimate of drug-likeness (QED) is 0.296. The van der Waals surface area contributed by atoms with Crippen LogP contribution in [-0.4, -0.2) is 114 Å². The lowest BCUT2D eigenvalue weighted by atomic mass is 9.49. The molecule has 16 heteroatoms. The van der Waals surface area contributed by atoms with Crippen LogP contribution < -0.4 is 31.9 Å². The molecule has 3 aliphatic rings. The van der Waals surface area contributed by atoms with Gasteiger partial charge < -0.3 is 19.3 Å². The molecule has 190 valence electrons. The number of nitrogens with zero attached hydrogens (tertiary/aromatic N) is 2. The van der Waals surface area contributed by atoms with Crippen molar-refractivity contribution in [3.8, 4) is 5.75 Å². The van der Waals surface area contributed by atoms with E-state index in [-0.39, 0.29) is 89.7 Å². The van der Waals surface area contributed by atoms with Gasteiger partial charge in [-0.25, -0.2) is 0 Å². The normalized spacial score (nSPS) is 20.1. The minimum Gasteiger partial charge on any atom is -0.496 e. The smallest absolute Gasteiger partial charge is 0.255 e. The minimum absolute atomic E-state index is 0.0496. The Balaban J connectivity index is 1.45. The molecule has 5 rings (SSSR count). The average molecular weight is 532 g/mol. The third-order valence-electron chi connectivity index (χ3n) is 7.61. The van der Waals surface area contributed by atoms with Crippen molar-refractivity contribution < 1.29 is 28.7 Å². The van der Waals surface area contributed by atoms with Crippen molar-refractivity contribution in [2.75, 3.05) is 19.8 Å². The molecule has 0 spiro atoms. The Labute approximate surface area is 246 Å². The van der Waals surface area contributed by atoms with Crippen LogP contribution in [0.3, 0.4) is 0 Å². The van der Waals surface area contributed by atoms with Gasteiger partial charge in [-0.1, -0.05) is 33.5 Å². The monoisotopic (exact) mass is 533 g/mol. The summed E-state index contributed by atoms with van der Waals surface area (Å²) < 4.78 is 11.2. The summed E-state index contributed by atoms with van der Waals surface area (Å²) in [5.74, 6) is -1.54. The molecule has 2 fully saturated rings. The number of piperidine rings is 1. The van der Waals surface area contributed by atoms with E-state index in [4.69, 9.17) is 64.4 Å². The number of imide groups is 1. The van der Waals surface area contributed by atoms with Crippen LogP contribution in [0.15, 0.2) is 18.2 Å². The number of benzene rings is 2. The Morgan fingerprint density at radius 2 is 1.71 bits per heavy atom. The fraction of sp³-hybridized carbons (Fsp3) is 0.360. The summed E-state index contributed by atoms with van der Waals surface area (Å²) >= 11 is 0. The van der Waals surface area contributed by atoms with E-state index in [1.54, 1.807) is 18.2 Å². The number of rotatable bonds is 6. The summed E-state index contributed by atoms with van der Waals surface area (Å²) in [4.78, 5) is 52.2. The number of carbonyl (C=O) groups excluding carboxylic acids is 4. The van der Waals surface area contributed by atoms with Gasteiger partial charge in [0.1, 0.15) is 57.6 Å². The molecule has 9 nitrogen and oxygen atoms in total. The van der Waals surface area contributed by atoms with Gasteiger partial charge in [0.25, 0.3) is 5.91 Å². The van der Waals surface area contributed by atoms with Gasteiger partial charge >= 0.3 is 0 Å². The first kappa shape index (κ1) is 29.2. The van der Waals surface area contributed by atoms with Crippen LogP contribution in [0.4, 0.5) is 0 Å². The Hall–Kier alpha value is -3.27. The first-order valence-corrected chi connectivity index (χ1v) is 12.8. The van der Waals surface area contributed by atoms with Crippen molar-refractivity contribution in [2.45, 2.75) is 36.8 Å². The van der Waals surface area contributed by atoms with Crippen LogP contribution in [0, 0.1) is 0 Å². The molecule has 2 aromatic carbocycles. The van der Waals surface area contributed by atoms with E-state index in [1.165, 1.54) is 9.80 Å². The topological polar surface area (TPSA) is 105 Å². The van der Waals surface area contributed by atoms with Crippen LogP contribution in [0.25, 0.3) is 0 Å².